The molecule has 1 aliphatic rings. The minimum Gasteiger partial charge on any atom is -0.448 e. The molecule has 0 saturated carbocycles. The molecule has 0 aliphatic carbocycles. The summed E-state index contributed by atoms with van der Waals surface area (Å²) in [5.74, 6) is 1.50. The molecule has 0 radical (unpaired) electrons. The first-order chi connectivity index (χ1) is 12.8. The molecule has 3 aromatic rings. The van der Waals surface area contributed by atoms with E-state index in [9.17, 15) is 8.42 Å². The number of imidazole rings is 1. The molecule has 0 unspecified atom stereocenters. The van der Waals surface area contributed by atoms with Crippen LogP contribution in [0.2, 0.25) is 0 Å². The molecule has 1 aliphatic heterocycles. The van der Waals surface area contributed by atoms with E-state index in [0.717, 1.165) is 5.69 Å². The van der Waals surface area contributed by atoms with E-state index in [0.29, 0.717) is 35.5 Å². The van der Waals surface area contributed by atoms with Crippen molar-refractivity contribution in [2.24, 2.45) is 7.05 Å². The Bertz CT molecular complexity index is 1090. The molecule has 0 saturated heterocycles. The number of sulfonamides is 1. The van der Waals surface area contributed by atoms with Crippen molar-refractivity contribution in [1.29, 1.82) is 5.41 Å². The monoisotopic (exact) mass is 386 g/mol. The van der Waals surface area contributed by atoms with Crippen LogP contribution in [-0.2, 0) is 17.1 Å². The first-order valence-corrected chi connectivity index (χ1v) is 9.64. The van der Waals surface area contributed by atoms with Crippen LogP contribution in [0.4, 0.5) is 17.3 Å². The number of aryl methyl sites for hydroxylation is 2. The van der Waals surface area contributed by atoms with E-state index in [4.69, 9.17) is 9.83 Å². The zero-order valence-electron chi connectivity index (χ0n) is 14.7. The molecule has 140 valence electrons. The molecule has 4 rings (SSSR count). The average Bonchev–Trinajstić information content (AvgIpc) is 3.24. The normalized spacial score (nSPS) is 14.0. The minimum absolute atomic E-state index is 0.0268. The predicted molar refractivity (Wildman–Crippen MR) is 102 cm³/mol. The van der Waals surface area contributed by atoms with Crippen LogP contribution in [0.15, 0.2) is 52.2 Å². The summed E-state index contributed by atoms with van der Waals surface area (Å²) in [7, 11) is -2.02. The lowest BCUT2D eigenvalue weighted by Gasteiger charge is -2.29. The van der Waals surface area contributed by atoms with E-state index >= 15 is 0 Å². The Balaban J connectivity index is 1.54. The maximum atomic E-state index is 12.5. The smallest absolute Gasteiger partial charge is 0.280 e. The molecule has 10 heteroatoms. The van der Waals surface area contributed by atoms with Crippen LogP contribution >= 0.6 is 0 Å². The van der Waals surface area contributed by atoms with Crippen molar-refractivity contribution in [2.45, 2.75) is 11.9 Å². The van der Waals surface area contributed by atoms with E-state index in [2.05, 4.69) is 15.0 Å². The second-order valence-corrected chi connectivity index (χ2v) is 7.79. The number of aromatic nitrogens is 2. The van der Waals surface area contributed by atoms with Crippen LogP contribution in [0.5, 0.6) is 0 Å². The van der Waals surface area contributed by atoms with Crippen LogP contribution in [-0.4, -0.2) is 30.5 Å². The van der Waals surface area contributed by atoms with E-state index in [1.807, 2.05) is 0 Å². The topological polar surface area (TPSA) is 116 Å². The van der Waals surface area contributed by atoms with Gasteiger partial charge in [-0.25, -0.2) is 4.98 Å². The lowest BCUT2D eigenvalue weighted by Crippen LogP contribution is -2.39. The lowest BCUT2D eigenvalue weighted by atomic mass is 10.2. The maximum Gasteiger partial charge on any atom is 0.280 e. The van der Waals surface area contributed by atoms with Gasteiger partial charge >= 0.3 is 0 Å². The first-order valence-electron chi connectivity index (χ1n) is 8.16. The van der Waals surface area contributed by atoms with Crippen LogP contribution in [0.1, 0.15) is 11.4 Å². The second-order valence-electron chi connectivity index (χ2n) is 6.16. The number of amidine groups is 1. The largest absolute Gasteiger partial charge is 0.448 e. The van der Waals surface area contributed by atoms with Gasteiger partial charge in [-0.15, -0.1) is 0 Å². The average molecular weight is 386 g/mol. The van der Waals surface area contributed by atoms with Crippen molar-refractivity contribution in [1.82, 2.24) is 9.55 Å². The number of nitrogens with zero attached hydrogens (tertiary/aromatic N) is 3. The summed E-state index contributed by atoms with van der Waals surface area (Å²) in [6.45, 7) is 2.12. The van der Waals surface area contributed by atoms with Crippen molar-refractivity contribution in [2.75, 3.05) is 21.6 Å². The zero-order valence-corrected chi connectivity index (χ0v) is 15.5. The Kier molecular flexibility index (Phi) is 3.92. The fourth-order valence-electron chi connectivity index (χ4n) is 2.80. The van der Waals surface area contributed by atoms with Crippen molar-refractivity contribution < 1.29 is 12.8 Å². The van der Waals surface area contributed by atoms with Crippen molar-refractivity contribution in [3.63, 3.8) is 0 Å². The van der Waals surface area contributed by atoms with Crippen molar-refractivity contribution >= 4 is 33.1 Å². The second kappa shape index (κ2) is 6.16. The predicted octanol–water partition coefficient (Wildman–Crippen LogP) is 2.34. The number of nitrogens with one attached hydrogen (secondary N) is 3. The number of anilines is 3. The van der Waals surface area contributed by atoms with Crippen LogP contribution < -0.4 is 14.9 Å². The summed E-state index contributed by atoms with van der Waals surface area (Å²) >= 11 is 0. The molecular weight excluding hydrogens is 368 g/mol. The molecule has 0 fully saturated rings. The van der Waals surface area contributed by atoms with Gasteiger partial charge in [-0.3, -0.25) is 10.1 Å². The Labute approximate surface area is 156 Å². The molecule has 0 bridgehead atoms. The van der Waals surface area contributed by atoms with Gasteiger partial charge in [0.1, 0.15) is 11.7 Å². The van der Waals surface area contributed by atoms with E-state index in [1.165, 1.54) is 12.5 Å². The standard InChI is InChI=1S/C17H18N6O3S/c1-11-20-15(9-22(11)2)27(24,25)21-12-3-5-13(6-4-12)23-10-19-17-14(16(23)18)7-8-26-17/h3-9,18-19,21H,10H2,1-2H3. The number of furan rings is 1. The van der Waals surface area contributed by atoms with Gasteiger partial charge in [-0.05, 0) is 37.3 Å². The molecule has 9 nitrogen and oxygen atoms in total. The van der Waals surface area contributed by atoms with E-state index in [1.54, 1.807) is 53.8 Å². The summed E-state index contributed by atoms with van der Waals surface area (Å²) in [6, 6.07) is 8.54. The highest BCUT2D eigenvalue weighted by Crippen LogP contribution is 2.28. The molecule has 0 atom stereocenters. The van der Waals surface area contributed by atoms with Crippen LogP contribution in [0.25, 0.3) is 0 Å². The SMILES string of the molecule is Cc1nc(S(=O)(=O)Nc2ccc(N3CNc4occc4C3=N)cc2)cn1C. The Morgan fingerprint density at radius 3 is 2.67 bits per heavy atom. The first kappa shape index (κ1) is 17.2. The van der Waals surface area contributed by atoms with Crippen LogP contribution in [0.3, 0.4) is 0 Å². The maximum absolute atomic E-state index is 12.5. The number of fused-ring (bicyclic) bond motifs is 1. The van der Waals surface area contributed by atoms with Gasteiger partial charge in [0.2, 0.25) is 5.88 Å². The Hall–Kier alpha value is -3.27. The number of rotatable bonds is 4. The molecule has 2 aromatic heterocycles. The van der Waals surface area contributed by atoms with Crippen molar-refractivity contribution in [3.8, 4) is 0 Å². The van der Waals surface area contributed by atoms with Gasteiger partial charge in [0.15, 0.2) is 5.03 Å². The number of hydrogen-bond acceptors (Lipinski definition) is 6. The van der Waals surface area contributed by atoms with Gasteiger partial charge in [0.25, 0.3) is 10.0 Å². The third kappa shape index (κ3) is 3.04. The highest BCUT2D eigenvalue weighted by molar-refractivity contribution is 7.92. The summed E-state index contributed by atoms with van der Waals surface area (Å²) < 4.78 is 34.4. The van der Waals surface area contributed by atoms with Gasteiger partial charge in [-0.2, -0.15) is 8.42 Å². The highest BCUT2D eigenvalue weighted by atomic mass is 32.2. The summed E-state index contributed by atoms with van der Waals surface area (Å²) in [4.78, 5) is 5.82. The number of hydrogen-bond donors (Lipinski definition) is 3. The van der Waals surface area contributed by atoms with E-state index in [-0.39, 0.29) is 5.03 Å². The minimum atomic E-state index is -3.76. The molecule has 3 N–H and O–H groups in total. The third-order valence-corrected chi connectivity index (χ3v) is 5.63. The van der Waals surface area contributed by atoms with Gasteiger partial charge < -0.3 is 19.2 Å². The van der Waals surface area contributed by atoms with E-state index < -0.39 is 10.0 Å². The Morgan fingerprint density at radius 2 is 2.00 bits per heavy atom. The molecule has 1 aromatic carbocycles. The Morgan fingerprint density at radius 1 is 1.26 bits per heavy atom. The molecule has 0 amide bonds. The fraction of sp³-hybridized carbons (Fsp3) is 0.176. The molecular formula is C17H18N6O3S. The lowest BCUT2D eigenvalue weighted by molar-refractivity contribution is 0.577. The summed E-state index contributed by atoms with van der Waals surface area (Å²) in [5.41, 5.74) is 1.86. The quantitative estimate of drug-likeness (QED) is 0.634. The van der Waals surface area contributed by atoms with Crippen molar-refractivity contribution in [3.05, 3.63) is 54.2 Å². The highest BCUT2D eigenvalue weighted by Gasteiger charge is 2.24. The van der Waals surface area contributed by atoms with Gasteiger partial charge in [-0.1, -0.05) is 0 Å². The zero-order chi connectivity index (χ0) is 19.2. The molecule has 0 spiro atoms. The number of benzene rings is 1. The van der Waals surface area contributed by atoms with Gasteiger partial charge in [0, 0.05) is 24.6 Å². The van der Waals surface area contributed by atoms with Crippen LogP contribution in [0, 0.1) is 12.3 Å². The summed E-state index contributed by atoms with van der Waals surface area (Å²) in [6.07, 6.45) is 3.00. The molecule has 27 heavy (non-hydrogen) atoms. The third-order valence-electron chi connectivity index (χ3n) is 4.38. The van der Waals surface area contributed by atoms with Gasteiger partial charge in [0.05, 0.1) is 18.5 Å². The molecule has 3 heterocycles. The fourth-order valence-corrected chi connectivity index (χ4v) is 3.90. The summed E-state index contributed by atoms with van der Waals surface area (Å²) in [5, 5.41) is 11.4.